The summed E-state index contributed by atoms with van der Waals surface area (Å²) in [6.07, 6.45) is 2.58. The minimum atomic E-state index is -0.730. The molecular weight excluding hydrogens is 348 g/mol. The minimum absolute atomic E-state index is 0.315. The molecule has 1 aromatic carbocycles. The Morgan fingerprint density at radius 2 is 1.96 bits per heavy atom. The van der Waals surface area contributed by atoms with Crippen molar-refractivity contribution < 1.29 is 23.8 Å². The molecule has 1 aliphatic rings. The highest BCUT2D eigenvalue weighted by molar-refractivity contribution is 5.85. The summed E-state index contributed by atoms with van der Waals surface area (Å²) >= 11 is 0. The third-order valence-electron chi connectivity index (χ3n) is 4.27. The highest BCUT2D eigenvalue weighted by Crippen LogP contribution is 2.36. The Balaban J connectivity index is 2.29. The Hall–Kier alpha value is -2.70. The normalized spacial score (nSPS) is 19.1. The van der Waals surface area contributed by atoms with Gasteiger partial charge in [-0.05, 0) is 30.5 Å². The largest absolute Gasteiger partial charge is 0.493 e. The van der Waals surface area contributed by atoms with Gasteiger partial charge in [-0.15, -0.1) is 0 Å². The van der Waals surface area contributed by atoms with Crippen LogP contribution in [0.15, 0.2) is 30.5 Å². The topological polar surface area (TPSA) is 85.9 Å². The van der Waals surface area contributed by atoms with Crippen molar-refractivity contribution in [1.29, 1.82) is 0 Å². The van der Waals surface area contributed by atoms with Crippen LogP contribution in [0, 0.1) is 5.92 Å². The number of ether oxygens (including phenoxy) is 3. The van der Waals surface area contributed by atoms with Gasteiger partial charge in [-0.2, -0.15) is 0 Å². The number of nitrogens with one attached hydrogen (secondary N) is 2. The summed E-state index contributed by atoms with van der Waals surface area (Å²) in [5.74, 6) is 0.00426. The standard InChI is InChI=1S/C20H28N2O5/c1-5-7-11-27-19(23)17-13(3)21-20(24)22-18(17)14-8-9-15(26-10-6-2)16(12-14)25-4/h8-9,12,17-18H,3,5-7,10-11H2,1-2,4H3,(H2,21,22,24)/t17-,18+/m0/s1. The van der Waals surface area contributed by atoms with Crippen LogP contribution in [-0.2, 0) is 9.53 Å². The molecule has 7 heteroatoms. The molecule has 1 saturated heterocycles. The van der Waals surface area contributed by atoms with Crippen LogP contribution in [0.25, 0.3) is 0 Å². The fourth-order valence-electron chi connectivity index (χ4n) is 2.86. The maximum atomic E-state index is 12.6. The molecule has 0 aromatic heterocycles. The second-order valence-corrected chi connectivity index (χ2v) is 6.36. The van der Waals surface area contributed by atoms with E-state index in [9.17, 15) is 9.59 Å². The Morgan fingerprint density at radius 3 is 2.63 bits per heavy atom. The number of hydrogen-bond acceptors (Lipinski definition) is 5. The predicted octanol–water partition coefficient (Wildman–Crippen LogP) is 3.31. The van der Waals surface area contributed by atoms with Gasteiger partial charge in [0.15, 0.2) is 11.5 Å². The van der Waals surface area contributed by atoms with E-state index >= 15 is 0 Å². The van der Waals surface area contributed by atoms with Crippen LogP contribution < -0.4 is 20.1 Å². The van der Waals surface area contributed by atoms with E-state index in [1.54, 1.807) is 19.2 Å². The number of esters is 1. The molecule has 1 aliphatic heterocycles. The highest BCUT2D eigenvalue weighted by atomic mass is 16.5. The molecular formula is C20H28N2O5. The molecule has 1 fully saturated rings. The monoisotopic (exact) mass is 376 g/mol. The van der Waals surface area contributed by atoms with Crippen LogP contribution in [0.5, 0.6) is 11.5 Å². The average molecular weight is 376 g/mol. The molecule has 0 spiro atoms. The summed E-state index contributed by atoms with van der Waals surface area (Å²) in [5.41, 5.74) is 1.03. The van der Waals surface area contributed by atoms with E-state index in [4.69, 9.17) is 14.2 Å². The molecule has 0 unspecified atom stereocenters. The number of rotatable bonds is 9. The number of carbonyl (C=O) groups is 2. The summed E-state index contributed by atoms with van der Waals surface area (Å²) in [4.78, 5) is 24.6. The van der Waals surface area contributed by atoms with Gasteiger partial charge in [0.25, 0.3) is 0 Å². The molecule has 2 rings (SSSR count). The molecule has 0 radical (unpaired) electrons. The van der Waals surface area contributed by atoms with Gasteiger partial charge in [0.05, 0.1) is 26.4 Å². The van der Waals surface area contributed by atoms with Gasteiger partial charge in [-0.25, -0.2) is 4.79 Å². The van der Waals surface area contributed by atoms with E-state index in [2.05, 4.69) is 17.2 Å². The van der Waals surface area contributed by atoms with Crippen molar-refractivity contribution in [3.05, 3.63) is 36.0 Å². The van der Waals surface area contributed by atoms with Gasteiger partial charge in [-0.1, -0.05) is 32.9 Å². The van der Waals surface area contributed by atoms with Crippen LogP contribution in [-0.4, -0.2) is 32.3 Å². The van der Waals surface area contributed by atoms with Crippen molar-refractivity contribution in [3.8, 4) is 11.5 Å². The first-order chi connectivity index (χ1) is 13.0. The molecule has 2 atom stereocenters. The fourth-order valence-corrected chi connectivity index (χ4v) is 2.86. The summed E-state index contributed by atoms with van der Waals surface area (Å²) in [7, 11) is 1.55. The van der Waals surface area contributed by atoms with Gasteiger partial charge < -0.3 is 24.8 Å². The Kier molecular flexibility index (Phi) is 7.52. The number of unbranched alkanes of at least 4 members (excludes halogenated alkanes) is 1. The lowest BCUT2D eigenvalue weighted by atomic mass is 9.89. The third kappa shape index (κ3) is 5.15. The quantitative estimate of drug-likeness (QED) is 0.510. The zero-order chi connectivity index (χ0) is 19.8. The first-order valence-electron chi connectivity index (χ1n) is 9.25. The summed E-state index contributed by atoms with van der Waals surface area (Å²) < 4.78 is 16.4. The molecule has 1 heterocycles. The maximum Gasteiger partial charge on any atom is 0.319 e. The molecule has 27 heavy (non-hydrogen) atoms. The van der Waals surface area contributed by atoms with Gasteiger partial charge in [0, 0.05) is 5.70 Å². The number of amides is 2. The van der Waals surface area contributed by atoms with Crippen molar-refractivity contribution >= 4 is 12.0 Å². The van der Waals surface area contributed by atoms with Crippen LogP contribution >= 0.6 is 0 Å². The van der Waals surface area contributed by atoms with E-state index in [0.717, 1.165) is 19.3 Å². The molecule has 2 amide bonds. The summed E-state index contributed by atoms with van der Waals surface area (Å²) in [6.45, 7) is 8.80. The maximum absolute atomic E-state index is 12.6. The number of benzene rings is 1. The van der Waals surface area contributed by atoms with Crippen LogP contribution in [0.4, 0.5) is 4.79 Å². The van der Waals surface area contributed by atoms with E-state index in [1.807, 2.05) is 19.9 Å². The second kappa shape index (κ2) is 9.85. The van der Waals surface area contributed by atoms with Crippen LogP contribution in [0.2, 0.25) is 0 Å². The molecule has 0 saturated carbocycles. The lowest BCUT2D eigenvalue weighted by Gasteiger charge is -2.33. The number of methoxy groups -OCH3 is 1. The van der Waals surface area contributed by atoms with E-state index in [1.165, 1.54) is 0 Å². The molecule has 2 N–H and O–H groups in total. The van der Waals surface area contributed by atoms with E-state index in [-0.39, 0.29) is 0 Å². The molecule has 0 aliphatic carbocycles. The summed E-state index contributed by atoms with van der Waals surface area (Å²) in [6, 6.07) is 4.34. The molecule has 7 nitrogen and oxygen atoms in total. The molecule has 1 aromatic rings. The van der Waals surface area contributed by atoms with Crippen LogP contribution in [0.1, 0.15) is 44.7 Å². The van der Waals surface area contributed by atoms with Crippen molar-refractivity contribution in [1.82, 2.24) is 10.6 Å². The summed E-state index contributed by atoms with van der Waals surface area (Å²) in [5, 5.41) is 5.36. The van der Waals surface area contributed by atoms with Gasteiger partial charge >= 0.3 is 12.0 Å². The smallest absolute Gasteiger partial charge is 0.319 e. The Labute approximate surface area is 160 Å². The van der Waals surface area contributed by atoms with Crippen molar-refractivity contribution in [2.45, 2.75) is 39.2 Å². The van der Waals surface area contributed by atoms with Gasteiger partial charge in [0.2, 0.25) is 0 Å². The predicted molar refractivity (Wildman–Crippen MR) is 102 cm³/mol. The molecule has 148 valence electrons. The SMILES string of the molecule is C=C1NC(=O)N[C@H](c2ccc(OCCC)c(OC)c2)[C@H]1C(=O)OCCCC. The average Bonchev–Trinajstić information content (AvgIpc) is 2.65. The zero-order valence-electron chi connectivity index (χ0n) is 16.2. The second-order valence-electron chi connectivity index (χ2n) is 6.36. The minimum Gasteiger partial charge on any atom is -0.493 e. The van der Waals surface area contributed by atoms with Crippen molar-refractivity contribution in [2.24, 2.45) is 5.92 Å². The lowest BCUT2D eigenvalue weighted by Crippen LogP contribution is -2.51. The number of carbonyl (C=O) groups excluding carboxylic acids is 2. The van der Waals surface area contributed by atoms with Crippen molar-refractivity contribution in [2.75, 3.05) is 20.3 Å². The van der Waals surface area contributed by atoms with E-state index < -0.39 is 24.0 Å². The van der Waals surface area contributed by atoms with Crippen molar-refractivity contribution in [3.63, 3.8) is 0 Å². The number of hydrogen-bond donors (Lipinski definition) is 2. The highest BCUT2D eigenvalue weighted by Gasteiger charge is 2.39. The van der Waals surface area contributed by atoms with Gasteiger partial charge in [0.1, 0.15) is 5.92 Å². The number of urea groups is 1. The third-order valence-corrected chi connectivity index (χ3v) is 4.27. The first kappa shape index (κ1) is 20.6. The lowest BCUT2D eigenvalue weighted by molar-refractivity contribution is -0.148. The molecule has 0 bridgehead atoms. The van der Waals surface area contributed by atoms with Crippen LogP contribution in [0.3, 0.4) is 0 Å². The van der Waals surface area contributed by atoms with Gasteiger partial charge in [-0.3, -0.25) is 4.79 Å². The first-order valence-corrected chi connectivity index (χ1v) is 9.25. The Bertz CT molecular complexity index is 689. The zero-order valence-corrected chi connectivity index (χ0v) is 16.2. The Morgan fingerprint density at radius 1 is 1.19 bits per heavy atom. The van der Waals surface area contributed by atoms with E-state index in [0.29, 0.717) is 36.0 Å². The fraction of sp³-hybridized carbons (Fsp3) is 0.500.